The number of nitrogens with two attached hydrogens (primary N) is 1. The molecule has 0 radical (unpaired) electrons. The van der Waals surface area contributed by atoms with Crippen molar-refractivity contribution in [3.8, 4) is 0 Å². The first-order valence-corrected chi connectivity index (χ1v) is 12.3. The third-order valence-corrected chi connectivity index (χ3v) is 7.06. The highest BCUT2D eigenvalue weighted by Gasteiger charge is 2.32. The molecule has 2 aromatic rings. The average molecular weight is 484 g/mol. The lowest BCUT2D eigenvalue weighted by Gasteiger charge is -2.16. The lowest BCUT2D eigenvalue weighted by atomic mass is 10.0. The Kier molecular flexibility index (Phi) is 8.15. The van der Waals surface area contributed by atoms with Gasteiger partial charge in [-0.25, -0.2) is 13.4 Å². The third kappa shape index (κ3) is 6.71. The summed E-state index contributed by atoms with van der Waals surface area (Å²) < 4.78 is 26.8. The number of carboxylic acid groups (broad SMARTS) is 1. The molecule has 0 bridgehead atoms. The van der Waals surface area contributed by atoms with Crippen LogP contribution in [0.5, 0.6) is 0 Å². The molecule has 3 unspecified atom stereocenters. The molecular weight excluding hydrogens is 458 g/mol. The Morgan fingerprint density at radius 1 is 1.34 bits per heavy atom. The topological polar surface area (TPSA) is 173 Å². The van der Waals surface area contributed by atoms with Crippen LogP contribution >= 0.6 is 11.3 Å². The number of thiazole rings is 1. The van der Waals surface area contributed by atoms with E-state index in [1.165, 1.54) is 35.6 Å². The van der Waals surface area contributed by atoms with Crippen molar-refractivity contribution in [2.75, 3.05) is 12.3 Å². The number of hydrogen-bond acceptors (Lipinski definition) is 9. The van der Waals surface area contributed by atoms with Crippen molar-refractivity contribution in [1.82, 2.24) is 20.5 Å². The third-order valence-electron chi connectivity index (χ3n) is 4.85. The van der Waals surface area contributed by atoms with Gasteiger partial charge in [-0.2, -0.15) is 10.2 Å². The number of sulfonamides is 1. The molecule has 3 atom stereocenters. The zero-order chi connectivity index (χ0) is 23.1. The Morgan fingerprint density at radius 3 is 2.75 bits per heavy atom. The minimum atomic E-state index is -4.05. The lowest BCUT2D eigenvalue weighted by Crippen LogP contribution is -2.49. The highest BCUT2D eigenvalue weighted by atomic mass is 32.2. The quantitative estimate of drug-likeness (QED) is 0.300. The van der Waals surface area contributed by atoms with E-state index in [9.17, 15) is 23.1 Å². The van der Waals surface area contributed by atoms with Gasteiger partial charge < -0.3 is 16.2 Å². The summed E-state index contributed by atoms with van der Waals surface area (Å²) in [7, 11) is -4.05. The molecule has 1 aliphatic heterocycles. The number of anilines is 1. The molecule has 2 heterocycles. The standard InChI is InChI=1S/C19H25N5O6S2/c20-19-22-13(11-31-19)6-4-5-12-9-16(30-23-12)17(25)21-10-15(18(26)27)24-32(28,29)14-7-2-1-3-8-14/h1-3,7-8,11-12,15-16,23-24H,4-6,9-10H2,(H2,20,22)(H,21,25)(H,26,27). The van der Waals surface area contributed by atoms with Gasteiger partial charge in [0.2, 0.25) is 10.0 Å². The molecule has 1 saturated heterocycles. The Hall–Kier alpha value is -2.58. The number of nitrogens with zero attached hydrogens (tertiary/aromatic N) is 1. The van der Waals surface area contributed by atoms with E-state index < -0.39 is 40.6 Å². The molecule has 1 aromatic heterocycles. The van der Waals surface area contributed by atoms with E-state index in [-0.39, 0.29) is 10.9 Å². The number of hydrogen-bond donors (Lipinski definition) is 5. The number of benzene rings is 1. The van der Waals surface area contributed by atoms with E-state index in [1.807, 2.05) is 5.38 Å². The summed E-state index contributed by atoms with van der Waals surface area (Å²) in [4.78, 5) is 33.3. The number of carbonyl (C=O) groups is 2. The SMILES string of the molecule is Nc1nc(CCCC2CC(C(=O)NCC(NS(=O)(=O)c3ccccc3)C(=O)O)ON2)cs1. The van der Waals surface area contributed by atoms with Crippen molar-refractivity contribution in [1.29, 1.82) is 0 Å². The fourth-order valence-corrected chi connectivity index (χ4v) is 5.00. The number of nitrogens with one attached hydrogen (secondary N) is 3. The van der Waals surface area contributed by atoms with Crippen molar-refractivity contribution in [2.45, 2.75) is 48.8 Å². The average Bonchev–Trinajstić information content (AvgIpc) is 3.40. The predicted molar refractivity (Wildman–Crippen MR) is 117 cm³/mol. The van der Waals surface area contributed by atoms with E-state index in [0.717, 1.165) is 25.0 Å². The Morgan fingerprint density at radius 2 is 2.09 bits per heavy atom. The number of carboxylic acids is 1. The van der Waals surface area contributed by atoms with Crippen molar-refractivity contribution >= 4 is 38.4 Å². The summed E-state index contributed by atoms with van der Waals surface area (Å²) in [5.41, 5.74) is 9.36. The summed E-state index contributed by atoms with van der Waals surface area (Å²) in [6, 6.07) is 5.83. The number of hydroxylamine groups is 1. The highest BCUT2D eigenvalue weighted by molar-refractivity contribution is 7.89. The highest BCUT2D eigenvalue weighted by Crippen LogP contribution is 2.18. The van der Waals surface area contributed by atoms with Gasteiger partial charge in [-0.05, 0) is 31.4 Å². The number of carbonyl (C=O) groups excluding carboxylic acids is 1. The molecule has 11 nitrogen and oxygen atoms in total. The van der Waals surface area contributed by atoms with Gasteiger partial charge in [0.15, 0.2) is 11.2 Å². The Bertz CT molecular complexity index is 1030. The fourth-order valence-electron chi connectivity index (χ4n) is 3.19. The van der Waals surface area contributed by atoms with E-state index in [2.05, 4.69) is 20.5 Å². The van der Waals surface area contributed by atoms with Crippen LogP contribution in [-0.2, 0) is 30.9 Å². The second kappa shape index (κ2) is 10.8. The van der Waals surface area contributed by atoms with Crippen LogP contribution in [0.4, 0.5) is 5.13 Å². The van der Waals surface area contributed by atoms with Crippen molar-refractivity contribution in [3.05, 3.63) is 41.4 Å². The van der Waals surface area contributed by atoms with Gasteiger partial charge in [0, 0.05) is 24.4 Å². The van der Waals surface area contributed by atoms with Crippen LogP contribution in [0.1, 0.15) is 25.0 Å². The maximum atomic E-state index is 12.4. The first-order chi connectivity index (χ1) is 15.2. The Labute approximate surface area is 189 Å². The second-order valence-electron chi connectivity index (χ2n) is 7.30. The summed E-state index contributed by atoms with van der Waals surface area (Å²) in [5, 5.41) is 14.3. The van der Waals surface area contributed by atoms with Crippen molar-refractivity contribution < 1.29 is 28.0 Å². The zero-order valence-corrected chi connectivity index (χ0v) is 18.7. The van der Waals surface area contributed by atoms with Crippen LogP contribution in [0.15, 0.2) is 40.6 Å². The summed E-state index contributed by atoms with van der Waals surface area (Å²) in [6.07, 6.45) is 1.98. The van der Waals surface area contributed by atoms with Gasteiger partial charge in [0.1, 0.15) is 6.04 Å². The number of aromatic nitrogens is 1. The van der Waals surface area contributed by atoms with Crippen molar-refractivity contribution in [3.63, 3.8) is 0 Å². The number of nitrogen functional groups attached to an aromatic ring is 1. The zero-order valence-electron chi connectivity index (χ0n) is 17.1. The van der Waals surface area contributed by atoms with Crippen LogP contribution in [0.3, 0.4) is 0 Å². The smallest absolute Gasteiger partial charge is 0.323 e. The molecule has 13 heteroatoms. The molecule has 0 saturated carbocycles. The van der Waals surface area contributed by atoms with Gasteiger partial charge >= 0.3 is 5.97 Å². The lowest BCUT2D eigenvalue weighted by molar-refractivity contribution is -0.139. The molecule has 1 aromatic carbocycles. The van der Waals surface area contributed by atoms with Gasteiger partial charge in [-0.3, -0.25) is 14.4 Å². The van der Waals surface area contributed by atoms with Crippen LogP contribution in [0.25, 0.3) is 0 Å². The molecule has 3 rings (SSSR count). The van der Waals surface area contributed by atoms with Crippen LogP contribution in [0, 0.1) is 0 Å². The van der Waals surface area contributed by atoms with Gasteiger partial charge in [-0.1, -0.05) is 18.2 Å². The summed E-state index contributed by atoms with van der Waals surface area (Å²) in [6.45, 7) is -0.421. The minimum Gasteiger partial charge on any atom is -0.480 e. The van der Waals surface area contributed by atoms with Gasteiger partial charge in [0.05, 0.1) is 10.6 Å². The predicted octanol–water partition coefficient (Wildman–Crippen LogP) is 0.258. The molecule has 1 fully saturated rings. The first-order valence-electron chi connectivity index (χ1n) is 9.93. The molecule has 0 spiro atoms. The maximum Gasteiger partial charge on any atom is 0.323 e. The monoisotopic (exact) mass is 483 g/mol. The number of rotatable bonds is 11. The number of aryl methyl sites for hydroxylation is 1. The fraction of sp³-hybridized carbons (Fsp3) is 0.421. The molecule has 1 amide bonds. The molecule has 1 aliphatic rings. The van der Waals surface area contributed by atoms with E-state index in [4.69, 9.17) is 10.6 Å². The van der Waals surface area contributed by atoms with Crippen LogP contribution in [0.2, 0.25) is 0 Å². The molecule has 6 N–H and O–H groups in total. The molecule has 174 valence electrons. The van der Waals surface area contributed by atoms with E-state index in [1.54, 1.807) is 6.07 Å². The Balaban J connectivity index is 1.44. The number of amides is 1. The van der Waals surface area contributed by atoms with Gasteiger partial charge in [-0.15, -0.1) is 11.3 Å². The number of aliphatic carboxylic acids is 1. The van der Waals surface area contributed by atoms with E-state index >= 15 is 0 Å². The molecular formula is C19H25N5O6S2. The van der Waals surface area contributed by atoms with Crippen LogP contribution < -0.4 is 21.3 Å². The summed E-state index contributed by atoms with van der Waals surface area (Å²) in [5.74, 6) is -1.92. The van der Waals surface area contributed by atoms with Crippen LogP contribution in [-0.4, -0.2) is 55.1 Å². The normalized spacial score (nSPS) is 19.5. The maximum absolute atomic E-state index is 12.4. The largest absolute Gasteiger partial charge is 0.480 e. The van der Waals surface area contributed by atoms with E-state index in [0.29, 0.717) is 11.6 Å². The molecule has 32 heavy (non-hydrogen) atoms. The second-order valence-corrected chi connectivity index (χ2v) is 9.90. The first kappa shape index (κ1) is 24.1. The van der Waals surface area contributed by atoms with Crippen molar-refractivity contribution in [2.24, 2.45) is 0 Å². The summed E-state index contributed by atoms with van der Waals surface area (Å²) >= 11 is 1.39. The van der Waals surface area contributed by atoms with Gasteiger partial charge in [0.25, 0.3) is 5.91 Å². The molecule has 0 aliphatic carbocycles. The minimum absolute atomic E-state index is 0.0337.